The number of halogens is 3. The molecular weight excluding hydrogens is 473 g/mol. The predicted molar refractivity (Wildman–Crippen MR) is 127 cm³/mol. The van der Waals surface area contributed by atoms with Gasteiger partial charge in [0, 0.05) is 49.6 Å². The second-order valence-corrected chi connectivity index (χ2v) is 9.88. The quantitative estimate of drug-likeness (QED) is 0.568. The van der Waals surface area contributed by atoms with Crippen LogP contribution in [0.15, 0.2) is 18.3 Å². The topological polar surface area (TPSA) is 107 Å². The van der Waals surface area contributed by atoms with E-state index in [0.29, 0.717) is 25.3 Å². The number of alkyl halides is 3. The van der Waals surface area contributed by atoms with E-state index < -0.39 is 17.6 Å². The van der Waals surface area contributed by atoms with Crippen LogP contribution >= 0.6 is 0 Å². The van der Waals surface area contributed by atoms with Gasteiger partial charge >= 0.3 is 12.2 Å². The first-order chi connectivity index (χ1) is 16.9. The van der Waals surface area contributed by atoms with Crippen molar-refractivity contribution in [2.24, 2.45) is 7.05 Å². The first-order valence-electron chi connectivity index (χ1n) is 11.9. The Balaban J connectivity index is 1.34. The molecule has 1 spiro atoms. The van der Waals surface area contributed by atoms with E-state index in [-0.39, 0.29) is 23.1 Å². The Labute approximate surface area is 206 Å². The SMILES string of the molecule is Cc1nn(C)c(C(C)NC(=O)N2CCC3(CCn4nc(-c5cnc(N)c(C(F)(F)F)c5)cc43)C2)c1C. The average Bonchev–Trinajstić information content (AvgIpc) is 3.54. The molecule has 0 aromatic carbocycles. The van der Waals surface area contributed by atoms with Gasteiger partial charge in [-0.25, -0.2) is 9.78 Å². The maximum atomic E-state index is 13.3. The highest BCUT2D eigenvalue weighted by molar-refractivity contribution is 5.75. The fourth-order valence-corrected chi connectivity index (χ4v) is 5.64. The number of rotatable bonds is 3. The minimum Gasteiger partial charge on any atom is -0.383 e. The van der Waals surface area contributed by atoms with E-state index in [1.54, 1.807) is 4.68 Å². The van der Waals surface area contributed by atoms with Gasteiger partial charge in [0.15, 0.2) is 0 Å². The standard InChI is InChI=1S/C24H29F3N8O/c1-13-14(2)31-33(4)20(13)15(3)30-22(36)34-7-5-23(12-34)6-8-35-19(23)10-18(32-35)16-9-17(24(25,26)27)21(28)29-11-16/h9-11,15H,5-8,12H2,1-4H3,(H2,28,29)(H,30,36). The number of amides is 2. The number of carbonyl (C=O) groups excluding carboxylic acids is 1. The molecule has 0 saturated carbocycles. The molecule has 2 atom stereocenters. The zero-order valence-corrected chi connectivity index (χ0v) is 20.6. The third-order valence-corrected chi connectivity index (χ3v) is 7.61. The number of carbonyl (C=O) groups is 1. The maximum absolute atomic E-state index is 13.3. The van der Waals surface area contributed by atoms with Gasteiger partial charge in [-0.1, -0.05) is 0 Å². The third-order valence-electron chi connectivity index (χ3n) is 7.61. The Morgan fingerprint density at radius 1 is 1.19 bits per heavy atom. The summed E-state index contributed by atoms with van der Waals surface area (Å²) in [6, 6.07) is 2.46. The number of urea groups is 1. The molecule has 2 unspecified atom stereocenters. The summed E-state index contributed by atoms with van der Waals surface area (Å²) in [5.41, 5.74) is 8.77. The molecule has 2 aliphatic rings. The molecule has 9 nitrogen and oxygen atoms in total. The second-order valence-electron chi connectivity index (χ2n) is 9.88. The van der Waals surface area contributed by atoms with Crippen molar-refractivity contribution in [1.82, 2.24) is 34.8 Å². The molecule has 2 amide bonds. The Morgan fingerprint density at radius 2 is 1.92 bits per heavy atom. The van der Waals surface area contributed by atoms with Gasteiger partial charge in [0.05, 0.1) is 28.7 Å². The van der Waals surface area contributed by atoms with Crippen LogP contribution < -0.4 is 11.1 Å². The molecule has 3 aromatic rings. The van der Waals surface area contributed by atoms with E-state index in [9.17, 15) is 18.0 Å². The van der Waals surface area contributed by atoms with E-state index >= 15 is 0 Å². The van der Waals surface area contributed by atoms with Crippen LogP contribution in [0.3, 0.4) is 0 Å². The molecule has 5 rings (SSSR count). The highest BCUT2D eigenvalue weighted by Crippen LogP contribution is 2.44. The molecule has 192 valence electrons. The van der Waals surface area contributed by atoms with Crippen molar-refractivity contribution in [2.75, 3.05) is 18.8 Å². The number of nitrogen functional groups attached to an aromatic ring is 1. The predicted octanol–water partition coefficient (Wildman–Crippen LogP) is 3.71. The number of anilines is 1. The lowest BCUT2D eigenvalue weighted by molar-refractivity contribution is -0.137. The van der Waals surface area contributed by atoms with Gasteiger partial charge in [-0.05, 0) is 51.3 Å². The van der Waals surface area contributed by atoms with E-state index in [1.165, 1.54) is 6.20 Å². The molecule has 36 heavy (non-hydrogen) atoms. The van der Waals surface area contributed by atoms with Gasteiger partial charge in [-0.2, -0.15) is 23.4 Å². The highest BCUT2D eigenvalue weighted by Gasteiger charge is 2.47. The number of nitrogens with two attached hydrogens (primary N) is 1. The molecule has 0 radical (unpaired) electrons. The molecular formula is C24H29F3N8O. The van der Waals surface area contributed by atoms with Crippen molar-refractivity contribution in [3.05, 3.63) is 46.5 Å². The number of nitrogens with zero attached hydrogens (tertiary/aromatic N) is 6. The number of aromatic nitrogens is 5. The molecule has 0 aliphatic carbocycles. The first kappa shape index (κ1) is 24.1. The lowest BCUT2D eigenvalue weighted by atomic mass is 9.82. The van der Waals surface area contributed by atoms with Gasteiger partial charge in [-0.15, -0.1) is 0 Å². The van der Waals surface area contributed by atoms with Gasteiger partial charge in [-0.3, -0.25) is 9.36 Å². The van der Waals surface area contributed by atoms with Gasteiger partial charge in [0.2, 0.25) is 0 Å². The minimum atomic E-state index is -4.60. The monoisotopic (exact) mass is 502 g/mol. The molecule has 1 saturated heterocycles. The Morgan fingerprint density at radius 3 is 2.58 bits per heavy atom. The number of likely N-dealkylation sites (tertiary alicyclic amines) is 1. The summed E-state index contributed by atoms with van der Waals surface area (Å²) in [5.74, 6) is -0.558. The molecule has 0 bridgehead atoms. The average molecular weight is 503 g/mol. The van der Waals surface area contributed by atoms with Gasteiger partial charge in [0.25, 0.3) is 0 Å². The van der Waals surface area contributed by atoms with Crippen molar-refractivity contribution >= 4 is 11.8 Å². The van der Waals surface area contributed by atoms with Crippen molar-refractivity contribution < 1.29 is 18.0 Å². The smallest absolute Gasteiger partial charge is 0.383 e. The molecule has 2 aliphatic heterocycles. The number of pyridine rings is 1. The Kier molecular flexibility index (Phi) is 5.53. The fourth-order valence-electron chi connectivity index (χ4n) is 5.64. The number of nitrogens with one attached hydrogen (secondary N) is 1. The van der Waals surface area contributed by atoms with Crippen molar-refractivity contribution in [2.45, 2.75) is 57.8 Å². The van der Waals surface area contributed by atoms with Crippen LogP contribution in [0.25, 0.3) is 11.3 Å². The van der Waals surface area contributed by atoms with Crippen LogP contribution in [0, 0.1) is 13.8 Å². The van der Waals surface area contributed by atoms with Gasteiger partial charge < -0.3 is 16.0 Å². The lowest BCUT2D eigenvalue weighted by Crippen LogP contribution is -2.41. The first-order valence-corrected chi connectivity index (χ1v) is 11.9. The number of fused-ring (bicyclic) bond motifs is 2. The van der Waals surface area contributed by atoms with Crippen LogP contribution in [0.4, 0.5) is 23.8 Å². The van der Waals surface area contributed by atoms with Crippen LogP contribution in [0.5, 0.6) is 0 Å². The summed E-state index contributed by atoms with van der Waals surface area (Å²) in [4.78, 5) is 18.7. The fraction of sp³-hybridized carbons (Fsp3) is 0.500. The molecule has 3 N–H and O–H groups in total. The van der Waals surface area contributed by atoms with Crippen LogP contribution in [-0.2, 0) is 25.2 Å². The molecule has 3 aromatic heterocycles. The van der Waals surface area contributed by atoms with Crippen molar-refractivity contribution in [1.29, 1.82) is 0 Å². The van der Waals surface area contributed by atoms with Crippen LogP contribution in [0.1, 0.15) is 54.0 Å². The molecule has 12 heteroatoms. The number of hydrogen-bond acceptors (Lipinski definition) is 5. The Bertz CT molecular complexity index is 1340. The van der Waals surface area contributed by atoms with Gasteiger partial charge in [0.1, 0.15) is 5.82 Å². The largest absolute Gasteiger partial charge is 0.419 e. The van der Waals surface area contributed by atoms with E-state index in [2.05, 4.69) is 20.5 Å². The molecule has 1 fully saturated rings. The maximum Gasteiger partial charge on any atom is 0.419 e. The summed E-state index contributed by atoms with van der Waals surface area (Å²) in [6.45, 7) is 7.64. The Hall–Kier alpha value is -3.57. The van der Waals surface area contributed by atoms with E-state index in [4.69, 9.17) is 5.73 Å². The van der Waals surface area contributed by atoms with E-state index in [1.807, 2.05) is 43.5 Å². The summed E-state index contributed by atoms with van der Waals surface area (Å²) in [6.07, 6.45) is -1.70. The number of hydrogen-bond donors (Lipinski definition) is 2. The zero-order chi connectivity index (χ0) is 26.0. The number of aryl methyl sites for hydroxylation is 3. The van der Waals surface area contributed by atoms with Crippen LogP contribution in [-0.4, -0.2) is 48.6 Å². The lowest BCUT2D eigenvalue weighted by Gasteiger charge is -2.25. The highest BCUT2D eigenvalue weighted by atomic mass is 19.4. The summed E-state index contributed by atoms with van der Waals surface area (Å²) < 4.78 is 43.6. The van der Waals surface area contributed by atoms with Crippen LogP contribution in [0.2, 0.25) is 0 Å². The van der Waals surface area contributed by atoms with Crippen molar-refractivity contribution in [3.8, 4) is 11.3 Å². The summed E-state index contributed by atoms with van der Waals surface area (Å²) >= 11 is 0. The minimum absolute atomic E-state index is 0.145. The third kappa shape index (κ3) is 3.88. The summed E-state index contributed by atoms with van der Waals surface area (Å²) in [5, 5.41) is 12.1. The molecule has 5 heterocycles. The zero-order valence-electron chi connectivity index (χ0n) is 20.6. The second kappa shape index (κ2) is 8.24. The summed E-state index contributed by atoms with van der Waals surface area (Å²) in [7, 11) is 1.87. The van der Waals surface area contributed by atoms with E-state index in [0.717, 1.165) is 41.6 Å². The normalized spacial score (nSPS) is 20.2. The van der Waals surface area contributed by atoms with Crippen molar-refractivity contribution in [3.63, 3.8) is 0 Å².